The number of halogens is 1. The Bertz CT molecular complexity index is 536. The minimum absolute atomic E-state index is 0. The molecule has 1 heterocycles. The minimum atomic E-state index is 0. The summed E-state index contributed by atoms with van der Waals surface area (Å²) >= 11 is 0. The number of aromatic nitrogens is 1. The number of pyridine rings is 1. The molecule has 140 valence electrons. The maximum atomic E-state index is 12.2. The Morgan fingerprint density at radius 2 is 2.08 bits per heavy atom. The van der Waals surface area contributed by atoms with Crippen LogP contribution in [-0.2, 0) is 11.2 Å². The average molecular weight is 459 g/mol. The van der Waals surface area contributed by atoms with Gasteiger partial charge in [-0.05, 0) is 25.0 Å². The van der Waals surface area contributed by atoms with Gasteiger partial charge < -0.3 is 15.1 Å². The van der Waals surface area contributed by atoms with E-state index in [1.54, 1.807) is 18.1 Å². The Kier molecular flexibility index (Phi) is 12.7. The molecule has 1 rings (SSSR count). The van der Waals surface area contributed by atoms with Crippen molar-refractivity contribution in [1.82, 2.24) is 20.1 Å². The highest BCUT2D eigenvalue weighted by molar-refractivity contribution is 14.0. The van der Waals surface area contributed by atoms with Crippen molar-refractivity contribution in [3.63, 3.8) is 0 Å². The summed E-state index contributed by atoms with van der Waals surface area (Å²) in [5.74, 6) is 0.761. The summed E-state index contributed by atoms with van der Waals surface area (Å²) in [6.45, 7) is 5.47. The van der Waals surface area contributed by atoms with Crippen LogP contribution in [0, 0.1) is 0 Å². The van der Waals surface area contributed by atoms with Gasteiger partial charge in [0, 0.05) is 52.5 Å². The van der Waals surface area contributed by atoms with E-state index >= 15 is 0 Å². The highest BCUT2D eigenvalue weighted by atomic mass is 127. The summed E-state index contributed by atoms with van der Waals surface area (Å²) in [5, 5.41) is 3.12. The molecule has 0 aliphatic rings. The number of nitrogens with zero attached hydrogens (tertiary/aromatic N) is 4. The summed E-state index contributed by atoms with van der Waals surface area (Å²) < 4.78 is 0. The molecule has 1 amide bonds. The van der Waals surface area contributed by atoms with E-state index in [2.05, 4.69) is 21.9 Å². The number of carbonyl (C=O) groups excluding carboxylic acids is 1. The number of nitrogens with one attached hydrogen (secondary N) is 1. The van der Waals surface area contributed by atoms with E-state index in [1.807, 2.05) is 43.3 Å². The van der Waals surface area contributed by atoms with Crippen molar-refractivity contribution in [1.29, 1.82) is 0 Å². The molecule has 0 saturated heterocycles. The quantitative estimate of drug-likeness (QED) is 0.202. The highest BCUT2D eigenvalue weighted by Gasteiger charge is 2.11. The van der Waals surface area contributed by atoms with Crippen molar-refractivity contribution in [2.45, 2.75) is 19.3 Å². The molecule has 7 heteroatoms. The maximum absolute atomic E-state index is 12.2. The zero-order valence-electron chi connectivity index (χ0n) is 15.4. The molecule has 0 radical (unpaired) electrons. The lowest BCUT2D eigenvalue weighted by molar-refractivity contribution is -0.128. The SMILES string of the molecule is C=CCCCN(C)C(=NC)NCC(=O)N(C)CCc1ccccn1.I. The molecule has 0 bridgehead atoms. The molecule has 0 unspecified atom stereocenters. The van der Waals surface area contributed by atoms with Gasteiger partial charge >= 0.3 is 0 Å². The van der Waals surface area contributed by atoms with Crippen LogP contribution in [0.2, 0.25) is 0 Å². The van der Waals surface area contributed by atoms with Crippen LogP contribution < -0.4 is 5.32 Å². The Balaban J connectivity index is 0.00000576. The predicted molar refractivity (Wildman–Crippen MR) is 114 cm³/mol. The Morgan fingerprint density at radius 1 is 1.32 bits per heavy atom. The average Bonchev–Trinajstić information content (AvgIpc) is 2.61. The van der Waals surface area contributed by atoms with E-state index in [9.17, 15) is 4.79 Å². The monoisotopic (exact) mass is 459 g/mol. The Hall–Kier alpha value is -1.64. The van der Waals surface area contributed by atoms with Gasteiger partial charge in [-0.3, -0.25) is 14.8 Å². The molecular weight excluding hydrogens is 429 g/mol. The fraction of sp³-hybridized carbons (Fsp3) is 0.500. The first-order valence-electron chi connectivity index (χ1n) is 8.25. The number of hydrogen-bond donors (Lipinski definition) is 1. The number of unbranched alkanes of at least 4 members (excludes halogenated alkanes) is 1. The lowest BCUT2D eigenvalue weighted by atomic mass is 10.2. The van der Waals surface area contributed by atoms with Gasteiger partial charge in [-0.2, -0.15) is 0 Å². The first kappa shape index (κ1) is 23.4. The van der Waals surface area contributed by atoms with Crippen LogP contribution >= 0.6 is 24.0 Å². The summed E-state index contributed by atoms with van der Waals surface area (Å²) in [4.78, 5) is 24.4. The van der Waals surface area contributed by atoms with Gasteiger partial charge in [0.2, 0.25) is 5.91 Å². The molecule has 0 aliphatic heterocycles. The molecule has 0 saturated carbocycles. The van der Waals surface area contributed by atoms with Crippen LogP contribution in [0.25, 0.3) is 0 Å². The fourth-order valence-electron chi connectivity index (χ4n) is 2.21. The zero-order valence-corrected chi connectivity index (χ0v) is 17.8. The molecule has 0 fully saturated rings. The molecular formula is C18H30IN5O. The Morgan fingerprint density at radius 3 is 2.68 bits per heavy atom. The number of amides is 1. The fourth-order valence-corrected chi connectivity index (χ4v) is 2.21. The summed E-state index contributed by atoms with van der Waals surface area (Å²) in [7, 11) is 5.50. The van der Waals surface area contributed by atoms with Gasteiger partial charge in [-0.1, -0.05) is 12.1 Å². The highest BCUT2D eigenvalue weighted by Crippen LogP contribution is 1.97. The first-order chi connectivity index (χ1) is 11.6. The van der Waals surface area contributed by atoms with E-state index in [0.29, 0.717) is 6.54 Å². The van der Waals surface area contributed by atoms with Crippen molar-refractivity contribution in [2.24, 2.45) is 4.99 Å². The van der Waals surface area contributed by atoms with Crippen LogP contribution in [0.5, 0.6) is 0 Å². The van der Waals surface area contributed by atoms with Crippen LogP contribution in [0.1, 0.15) is 18.5 Å². The van der Waals surface area contributed by atoms with E-state index in [0.717, 1.165) is 37.5 Å². The smallest absolute Gasteiger partial charge is 0.241 e. The van der Waals surface area contributed by atoms with Crippen molar-refractivity contribution < 1.29 is 4.79 Å². The lowest BCUT2D eigenvalue weighted by Crippen LogP contribution is -2.45. The van der Waals surface area contributed by atoms with Crippen LogP contribution in [0.15, 0.2) is 42.0 Å². The van der Waals surface area contributed by atoms with Gasteiger partial charge in [0.25, 0.3) is 0 Å². The third kappa shape index (κ3) is 9.42. The molecule has 0 spiro atoms. The third-order valence-electron chi connectivity index (χ3n) is 3.73. The van der Waals surface area contributed by atoms with E-state index in [4.69, 9.17) is 0 Å². The number of carbonyl (C=O) groups is 1. The number of guanidine groups is 1. The molecule has 0 aromatic carbocycles. The van der Waals surface area contributed by atoms with Crippen molar-refractivity contribution in [2.75, 3.05) is 40.8 Å². The van der Waals surface area contributed by atoms with Gasteiger partial charge in [-0.15, -0.1) is 30.6 Å². The molecule has 0 atom stereocenters. The normalized spacial score (nSPS) is 10.6. The van der Waals surface area contributed by atoms with E-state index in [-0.39, 0.29) is 36.4 Å². The van der Waals surface area contributed by atoms with Crippen molar-refractivity contribution in [3.8, 4) is 0 Å². The molecule has 6 nitrogen and oxygen atoms in total. The number of rotatable bonds is 9. The Labute approximate surface area is 168 Å². The number of aliphatic imine (C=N–C) groups is 1. The van der Waals surface area contributed by atoms with Gasteiger partial charge in [0.1, 0.15) is 0 Å². The van der Waals surface area contributed by atoms with Gasteiger partial charge in [0.15, 0.2) is 5.96 Å². The predicted octanol–water partition coefficient (Wildman–Crippen LogP) is 2.17. The first-order valence-corrected chi connectivity index (χ1v) is 8.25. The van der Waals surface area contributed by atoms with Crippen molar-refractivity contribution >= 4 is 35.8 Å². The molecule has 0 aliphatic carbocycles. The number of allylic oxidation sites excluding steroid dienone is 1. The van der Waals surface area contributed by atoms with Gasteiger partial charge in [0.05, 0.1) is 6.54 Å². The third-order valence-corrected chi connectivity index (χ3v) is 3.73. The second-order valence-electron chi connectivity index (χ2n) is 5.64. The molecule has 1 aromatic rings. The largest absolute Gasteiger partial charge is 0.347 e. The summed E-state index contributed by atoms with van der Waals surface area (Å²) in [6, 6.07) is 5.81. The molecule has 1 N–H and O–H groups in total. The second-order valence-corrected chi connectivity index (χ2v) is 5.64. The molecule has 1 aromatic heterocycles. The summed E-state index contributed by atoms with van der Waals surface area (Å²) in [5.41, 5.74) is 0.989. The zero-order chi connectivity index (χ0) is 17.8. The maximum Gasteiger partial charge on any atom is 0.241 e. The number of likely N-dealkylation sites (N-methyl/N-ethyl adjacent to an activating group) is 1. The van der Waals surface area contributed by atoms with E-state index in [1.165, 1.54) is 0 Å². The van der Waals surface area contributed by atoms with Crippen LogP contribution in [0.3, 0.4) is 0 Å². The standard InChI is InChI=1S/C18H29N5O.HI/c1-5-6-9-13-23(4)18(19-2)21-15-17(24)22(3)14-11-16-10-7-8-12-20-16;/h5,7-8,10,12H,1,6,9,11,13-15H2,2-4H3,(H,19,21);1H. The van der Waals surface area contributed by atoms with Crippen LogP contribution in [-0.4, -0.2) is 67.4 Å². The summed E-state index contributed by atoms with van der Waals surface area (Å²) in [6.07, 6.45) is 6.41. The van der Waals surface area contributed by atoms with Crippen molar-refractivity contribution in [3.05, 3.63) is 42.7 Å². The van der Waals surface area contributed by atoms with Gasteiger partial charge in [-0.25, -0.2) is 0 Å². The molecule has 25 heavy (non-hydrogen) atoms. The second kappa shape index (κ2) is 13.6. The minimum Gasteiger partial charge on any atom is -0.347 e. The number of hydrogen-bond acceptors (Lipinski definition) is 3. The topological polar surface area (TPSA) is 60.8 Å². The van der Waals surface area contributed by atoms with Crippen LogP contribution in [0.4, 0.5) is 0 Å². The van der Waals surface area contributed by atoms with E-state index < -0.39 is 0 Å². The lowest BCUT2D eigenvalue weighted by Gasteiger charge is -2.23.